The van der Waals surface area contributed by atoms with Crippen LogP contribution in [0.1, 0.15) is 56.1 Å². The molecule has 0 heterocycles. The van der Waals surface area contributed by atoms with E-state index in [1.54, 1.807) is 17.7 Å². The van der Waals surface area contributed by atoms with Crippen LogP contribution in [0, 0.1) is 0 Å². The lowest BCUT2D eigenvalue weighted by molar-refractivity contribution is 0.261. The van der Waals surface area contributed by atoms with Crippen molar-refractivity contribution in [1.82, 2.24) is 4.90 Å². The molecule has 0 atom stereocenters. The predicted octanol–water partition coefficient (Wildman–Crippen LogP) is 5.88. The minimum Gasteiger partial charge on any atom is -0.508 e. The minimum absolute atomic E-state index is 0.315. The molecule has 0 unspecified atom stereocenters. The summed E-state index contributed by atoms with van der Waals surface area (Å²) in [4.78, 5) is 2.12. The summed E-state index contributed by atoms with van der Waals surface area (Å²) in [6.45, 7) is 1.60. The fraction of sp³-hybridized carbons (Fsp3) is 0.440. The zero-order valence-electron chi connectivity index (χ0n) is 17.3. The van der Waals surface area contributed by atoms with Crippen LogP contribution >= 0.6 is 0 Å². The lowest BCUT2D eigenvalue weighted by atomic mass is 9.86. The first kappa shape index (κ1) is 20.5. The SMILES string of the molecule is CN(C)CCOc1ccc(C(=C2CCCCCCC2)c2ccc(O)cc2)cc1. The van der Waals surface area contributed by atoms with Gasteiger partial charge in [-0.25, -0.2) is 0 Å². The van der Waals surface area contributed by atoms with E-state index < -0.39 is 0 Å². The number of rotatable bonds is 6. The quantitative estimate of drug-likeness (QED) is 0.680. The van der Waals surface area contributed by atoms with E-state index in [-0.39, 0.29) is 0 Å². The first-order chi connectivity index (χ1) is 13.6. The zero-order valence-corrected chi connectivity index (χ0v) is 17.3. The lowest BCUT2D eigenvalue weighted by Gasteiger charge is -2.19. The van der Waals surface area contributed by atoms with Gasteiger partial charge in [-0.3, -0.25) is 0 Å². The van der Waals surface area contributed by atoms with Gasteiger partial charge in [0.15, 0.2) is 0 Å². The standard InChI is InChI=1S/C25H33NO2/c1-26(2)18-19-28-24-16-12-22(13-17-24)25(21-10-14-23(27)15-11-21)20-8-6-4-3-5-7-9-20/h10-17,27H,3-9,18-19H2,1-2H3. The highest BCUT2D eigenvalue weighted by atomic mass is 16.5. The molecule has 0 spiro atoms. The molecule has 3 rings (SSSR count). The van der Waals surface area contributed by atoms with Gasteiger partial charge in [-0.1, -0.05) is 49.1 Å². The summed E-state index contributed by atoms with van der Waals surface area (Å²) in [5, 5.41) is 9.72. The third-order valence-corrected chi connectivity index (χ3v) is 5.42. The number of hydrogen-bond donors (Lipinski definition) is 1. The van der Waals surface area contributed by atoms with Gasteiger partial charge < -0.3 is 14.7 Å². The van der Waals surface area contributed by atoms with Gasteiger partial charge >= 0.3 is 0 Å². The fourth-order valence-corrected chi connectivity index (χ4v) is 3.85. The van der Waals surface area contributed by atoms with Gasteiger partial charge in [0.2, 0.25) is 0 Å². The number of phenols is 1. The summed E-state index contributed by atoms with van der Waals surface area (Å²) >= 11 is 0. The van der Waals surface area contributed by atoms with Crippen molar-refractivity contribution in [3.8, 4) is 11.5 Å². The molecule has 3 heteroatoms. The Morgan fingerprint density at radius 1 is 0.821 bits per heavy atom. The molecular formula is C25H33NO2. The van der Waals surface area contributed by atoms with Crippen LogP contribution in [-0.2, 0) is 0 Å². The molecule has 1 saturated carbocycles. The van der Waals surface area contributed by atoms with Crippen molar-refractivity contribution in [3.05, 3.63) is 65.2 Å². The Kier molecular flexibility index (Phi) is 7.55. The number of hydrogen-bond acceptors (Lipinski definition) is 3. The smallest absolute Gasteiger partial charge is 0.119 e. The molecule has 1 aliphatic rings. The van der Waals surface area contributed by atoms with Gasteiger partial charge in [0.25, 0.3) is 0 Å². The average Bonchev–Trinajstić information content (AvgIpc) is 2.66. The van der Waals surface area contributed by atoms with E-state index in [0.29, 0.717) is 12.4 Å². The number of allylic oxidation sites excluding steroid dienone is 1. The Bertz CT molecular complexity index is 750. The normalized spacial score (nSPS) is 15.2. The molecule has 0 aliphatic heterocycles. The van der Waals surface area contributed by atoms with Crippen molar-refractivity contribution < 1.29 is 9.84 Å². The van der Waals surface area contributed by atoms with Gasteiger partial charge in [0, 0.05) is 6.54 Å². The number of phenolic OH excluding ortho intramolecular Hbond substituents is 1. The maximum Gasteiger partial charge on any atom is 0.119 e. The van der Waals surface area contributed by atoms with Crippen LogP contribution in [0.4, 0.5) is 0 Å². The highest BCUT2D eigenvalue weighted by Gasteiger charge is 2.14. The maximum absolute atomic E-state index is 9.72. The average molecular weight is 380 g/mol. The molecule has 2 aromatic carbocycles. The molecule has 0 bridgehead atoms. The Morgan fingerprint density at radius 3 is 1.93 bits per heavy atom. The summed E-state index contributed by atoms with van der Waals surface area (Å²) < 4.78 is 5.86. The van der Waals surface area contributed by atoms with E-state index in [2.05, 4.69) is 43.3 Å². The molecule has 150 valence electrons. The molecule has 0 amide bonds. The van der Waals surface area contributed by atoms with Crippen LogP contribution in [0.25, 0.3) is 5.57 Å². The number of nitrogens with zero attached hydrogens (tertiary/aromatic N) is 1. The van der Waals surface area contributed by atoms with E-state index in [0.717, 1.165) is 25.1 Å². The largest absolute Gasteiger partial charge is 0.508 e. The monoisotopic (exact) mass is 379 g/mol. The molecule has 1 fully saturated rings. The summed E-state index contributed by atoms with van der Waals surface area (Å²) in [5.41, 5.74) is 5.31. The van der Waals surface area contributed by atoms with Crippen LogP contribution in [0.15, 0.2) is 54.1 Å². The second-order valence-electron chi connectivity index (χ2n) is 7.97. The zero-order chi connectivity index (χ0) is 19.8. The molecule has 28 heavy (non-hydrogen) atoms. The molecular weight excluding hydrogens is 346 g/mol. The van der Waals surface area contributed by atoms with Crippen molar-refractivity contribution in [2.75, 3.05) is 27.2 Å². The van der Waals surface area contributed by atoms with Crippen LogP contribution in [-0.4, -0.2) is 37.3 Å². The van der Waals surface area contributed by atoms with Gasteiger partial charge in [0.1, 0.15) is 18.1 Å². The Morgan fingerprint density at radius 2 is 1.36 bits per heavy atom. The third-order valence-electron chi connectivity index (χ3n) is 5.42. The highest BCUT2D eigenvalue weighted by Crippen LogP contribution is 2.35. The van der Waals surface area contributed by atoms with Crippen LogP contribution in [0.5, 0.6) is 11.5 Å². The topological polar surface area (TPSA) is 32.7 Å². The van der Waals surface area contributed by atoms with Gasteiger partial charge in [-0.15, -0.1) is 0 Å². The molecule has 1 aliphatic carbocycles. The van der Waals surface area contributed by atoms with E-state index >= 15 is 0 Å². The van der Waals surface area contributed by atoms with E-state index in [4.69, 9.17) is 4.74 Å². The molecule has 1 N–H and O–H groups in total. The third kappa shape index (κ3) is 5.87. The van der Waals surface area contributed by atoms with Crippen molar-refractivity contribution in [2.45, 2.75) is 44.9 Å². The molecule has 0 saturated heterocycles. The van der Waals surface area contributed by atoms with Gasteiger partial charge in [0.05, 0.1) is 0 Å². The number of aromatic hydroxyl groups is 1. The Balaban J connectivity index is 1.89. The molecule has 2 aromatic rings. The minimum atomic E-state index is 0.315. The lowest BCUT2D eigenvalue weighted by Crippen LogP contribution is -2.19. The van der Waals surface area contributed by atoms with Crippen LogP contribution in [0.3, 0.4) is 0 Å². The van der Waals surface area contributed by atoms with Crippen molar-refractivity contribution in [2.24, 2.45) is 0 Å². The second kappa shape index (κ2) is 10.3. The molecule has 3 nitrogen and oxygen atoms in total. The Labute approximate surface area is 169 Å². The first-order valence-electron chi connectivity index (χ1n) is 10.5. The van der Waals surface area contributed by atoms with Crippen molar-refractivity contribution in [1.29, 1.82) is 0 Å². The van der Waals surface area contributed by atoms with E-state index in [1.807, 2.05) is 12.1 Å². The number of ether oxygens (including phenoxy) is 1. The van der Waals surface area contributed by atoms with E-state index in [1.165, 1.54) is 48.8 Å². The summed E-state index contributed by atoms with van der Waals surface area (Å²) in [6, 6.07) is 16.2. The first-order valence-corrected chi connectivity index (χ1v) is 10.5. The number of likely N-dealkylation sites (N-methyl/N-ethyl adjacent to an activating group) is 1. The summed E-state index contributed by atoms with van der Waals surface area (Å²) in [6.07, 6.45) is 8.87. The maximum atomic E-state index is 9.72. The van der Waals surface area contributed by atoms with Gasteiger partial charge in [-0.05, 0) is 80.7 Å². The fourth-order valence-electron chi connectivity index (χ4n) is 3.85. The van der Waals surface area contributed by atoms with Gasteiger partial charge in [-0.2, -0.15) is 0 Å². The van der Waals surface area contributed by atoms with Crippen molar-refractivity contribution in [3.63, 3.8) is 0 Å². The Hall–Kier alpha value is -2.26. The molecule has 0 aromatic heterocycles. The summed E-state index contributed by atoms with van der Waals surface area (Å²) in [5.74, 6) is 1.23. The van der Waals surface area contributed by atoms with Crippen LogP contribution < -0.4 is 4.74 Å². The van der Waals surface area contributed by atoms with Crippen LogP contribution in [0.2, 0.25) is 0 Å². The van der Waals surface area contributed by atoms with Crippen molar-refractivity contribution >= 4 is 5.57 Å². The summed E-state index contributed by atoms with van der Waals surface area (Å²) in [7, 11) is 4.11. The second-order valence-corrected chi connectivity index (χ2v) is 7.97. The number of benzene rings is 2. The predicted molar refractivity (Wildman–Crippen MR) is 117 cm³/mol. The van der Waals surface area contributed by atoms with E-state index in [9.17, 15) is 5.11 Å². The molecule has 0 radical (unpaired) electrons. The highest BCUT2D eigenvalue weighted by molar-refractivity contribution is 5.82.